The number of imidazole rings is 1. The van der Waals surface area contributed by atoms with Crippen molar-refractivity contribution in [1.82, 2.24) is 20.0 Å². The molecular formula is C14H19BrN4O. The third-order valence-corrected chi connectivity index (χ3v) is 4.28. The van der Waals surface area contributed by atoms with E-state index in [0.717, 1.165) is 41.0 Å². The number of nitrogens with zero attached hydrogens (tertiary/aromatic N) is 2. The van der Waals surface area contributed by atoms with Gasteiger partial charge in [-0.1, -0.05) is 0 Å². The normalized spacial score (nSPS) is 22.8. The summed E-state index contributed by atoms with van der Waals surface area (Å²) in [5.41, 5.74) is 3.28. The Kier molecular flexibility index (Phi) is 4.07. The molecule has 3 rings (SSSR count). The van der Waals surface area contributed by atoms with Crippen LogP contribution in [0.3, 0.4) is 0 Å². The summed E-state index contributed by atoms with van der Waals surface area (Å²) in [5, 5.41) is 16.4. The predicted octanol–water partition coefficient (Wildman–Crippen LogP) is 1.08. The molecule has 0 bridgehead atoms. The van der Waals surface area contributed by atoms with Gasteiger partial charge in [0.2, 0.25) is 0 Å². The molecule has 1 aliphatic rings. The Hall–Kier alpha value is -0.950. The van der Waals surface area contributed by atoms with Crippen molar-refractivity contribution in [3.05, 3.63) is 34.2 Å². The summed E-state index contributed by atoms with van der Waals surface area (Å²) < 4.78 is 3.16. The lowest BCUT2D eigenvalue weighted by atomic mass is 10.1. The second-order valence-electron chi connectivity index (χ2n) is 5.40. The molecule has 2 aromatic heterocycles. The van der Waals surface area contributed by atoms with Gasteiger partial charge in [-0.2, -0.15) is 0 Å². The van der Waals surface area contributed by atoms with Gasteiger partial charge in [-0.25, -0.2) is 4.98 Å². The highest BCUT2D eigenvalue weighted by Gasteiger charge is 2.24. The molecule has 1 saturated heterocycles. The Morgan fingerprint density at radius 3 is 3.15 bits per heavy atom. The first-order valence-corrected chi connectivity index (χ1v) is 7.66. The lowest BCUT2D eigenvalue weighted by Gasteiger charge is -2.14. The Morgan fingerprint density at radius 2 is 2.40 bits per heavy atom. The molecule has 108 valence electrons. The number of hydrogen-bond donors (Lipinski definition) is 3. The Morgan fingerprint density at radius 1 is 1.55 bits per heavy atom. The van der Waals surface area contributed by atoms with Crippen molar-refractivity contribution in [2.75, 3.05) is 19.6 Å². The number of hydrogen-bond acceptors (Lipinski definition) is 4. The Labute approximate surface area is 126 Å². The summed E-state index contributed by atoms with van der Waals surface area (Å²) in [7, 11) is 0. The number of pyridine rings is 1. The minimum absolute atomic E-state index is 0.235. The molecule has 5 nitrogen and oxygen atoms in total. The molecule has 20 heavy (non-hydrogen) atoms. The molecule has 2 unspecified atom stereocenters. The largest absolute Gasteiger partial charge is 0.391 e. The summed E-state index contributed by atoms with van der Waals surface area (Å²) >= 11 is 3.52. The molecule has 0 aliphatic carbocycles. The minimum Gasteiger partial charge on any atom is -0.391 e. The van der Waals surface area contributed by atoms with Crippen LogP contribution < -0.4 is 10.6 Å². The highest BCUT2D eigenvalue weighted by molar-refractivity contribution is 9.10. The highest BCUT2D eigenvalue weighted by Crippen LogP contribution is 2.18. The van der Waals surface area contributed by atoms with E-state index in [-0.39, 0.29) is 6.10 Å². The summed E-state index contributed by atoms with van der Waals surface area (Å²) in [5.74, 6) is 0.294. The molecule has 6 heteroatoms. The lowest BCUT2D eigenvalue weighted by molar-refractivity contribution is 0.146. The molecule has 0 spiro atoms. The zero-order valence-corrected chi connectivity index (χ0v) is 13.0. The van der Waals surface area contributed by atoms with Crippen molar-refractivity contribution in [1.29, 1.82) is 0 Å². The first-order chi connectivity index (χ1) is 9.65. The van der Waals surface area contributed by atoms with E-state index in [0.29, 0.717) is 12.5 Å². The van der Waals surface area contributed by atoms with Crippen molar-refractivity contribution >= 4 is 21.6 Å². The van der Waals surface area contributed by atoms with Crippen molar-refractivity contribution in [2.24, 2.45) is 5.92 Å². The number of rotatable bonds is 4. The van der Waals surface area contributed by atoms with Gasteiger partial charge < -0.3 is 20.1 Å². The van der Waals surface area contributed by atoms with E-state index in [4.69, 9.17) is 0 Å². The maximum Gasteiger partial charge on any atom is 0.139 e. The monoisotopic (exact) mass is 338 g/mol. The van der Waals surface area contributed by atoms with Gasteiger partial charge in [0.15, 0.2) is 0 Å². The van der Waals surface area contributed by atoms with Crippen LogP contribution in [-0.4, -0.2) is 40.2 Å². The number of aryl methyl sites for hydroxylation is 1. The molecule has 0 amide bonds. The fourth-order valence-electron chi connectivity index (χ4n) is 2.71. The first-order valence-electron chi connectivity index (χ1n) is 6.86. The van der Waals surface area contributed by atoms with Gasteiger partial charge in [0.1, 0.15) is 5.65 Å². The highest BCUT2D eigenvalue weighted by atomic mass is 79.9. The summed E-state index contributed by atoms with van der Waals surface area (Å²) in [6.07, 6.45) is 3.71. The second-order valence-corrected chi connectivity index (χ2v) is 6.32. The zero-order chi connectivity index (χ0) is 14.1. The van der Waals surface area contributed by atoms with Crippen LogP contribution >= 0.6 is 15.9 Å². The molecule has 0 aromatic carbocycles. The Bertz CT molecular complexity index is 612. The molecule has 1 fully saturated rings. The van der Waals surface area contributed by atoms with E-state index in [2.05, 4.69) is 48.9 Å². The zero-order valence-electron chi connectivity index (χ0n) is 11.4. The number of aromatic nitrogens is 2. The average molecular weight is 339 g/mol. The van der Waals surface area contributed by atoms with E-state index in [1.807, 2.05) is 12.4 Å². The van der Waals surface area contributed by atoms with E-state index in [1.165, 1.54) is 0 Å². The minimum atomic E-state index is -0.235. The lowest BCUT2D eigenvalue weighted by Crippen LogP contribution is -2.30. The molecule has 3 heterocycles. The average Bonchev–Trinajstić information content (AvgIpc) is 2.97. The van der Waals surface area contributed by atoms with Crippen LogP contribution in [0.2, 0.25) is 0 Å². The molecule has 2 atom stereocenters. The number of halogens is 1. The van der Waals surface area contributed by atoms with Crippen LogP contribution in [0.4, 0.5) is 0 Å². The molecule has 2 aromatic rings. The van der Waals surface area contributed by atoms with Gasteiger partial charge in [0, 0.05) is 42.8 Å². The number of nitrogens with one attached hydrogen (secondary N) is 2. The quantitative estimate of drug-likeness (QED) is 0.780. The number of aliphatic hydroxyl groups is 1. The number of fused-ring (bicyclic) bond motifs is 1. The molecule has 3 N–H and O–H groups in total. The summed E-state index contributed by atoms with van der Waals surface area (Å²) in [6.45, 7) is 5.21. The van der Waals surface area contributed by atoms with Gasteiger partial charge in [0.25, 0.3) is 0 Å². The molecule has 1 aliphatic heterocycles. The second kappa shape index (κ2) is 5.81. The van der Waals surface area contributed by atoms with Crippen molar-refractivity contribution in [2.45, 2.75) is 19.6 Å². The van der Waals surface area contributed by atoms with Crippen LogP contribution in [0.15, 0.2) is 22.9 Å². The number of aliphatic hydroxyl groups excluding tert-OH is 1. The fraction of sp³-hybridized carbons (Fsp3) is 0.500. The predicted molar refractivity (Wildman–Crippen MR) is 81.7 cm³/mol. The van der Waals surface area contributed by atoms with E-state index in [1.54, 1.807) is 0 Å². The van der Waals surface area contributed by atoms with Gasteiger partial charge >= 0.3 is 0 Å². The SMILES string of the molecule is Cc1cc(Br)cn2c(CNCC3CNCC3O)cnc12. The van der Waals surface area contributed by atoms with E-state index >= 15 is 0 Å². The summed E-state index contributed by atoms with van der Waals surface area (Å²) in [6, 6.07) is 2.07. The fourth-order valence-corrected chi connectivity index (χ4v) is 3.26. The van der Waals surface area contributed by atoms with Crippen molar-refractivity contribution in [3.63, 3.8) is 0 Å². The van der Waals surface area contributed by atoms with Gasteiger partial charge in [-0.05, 0) is 34.5 Å². The van der Waals surface area contributed by atoms with Crippen molar-refractivity contribution in [3.8, 4) is 0 Å². The standard InChI is InChI=1S/C14H19BrN4O/c1-9-2-11(15)8-19-12(6-18-14(9)19)5-16-3-10-4-17-7-13(10)20/h2,6,8,10,13,16-17,20H,3-5,7H2,1H3. The van der Waals surface area contributed by atoms with E-state index in [9.17, 15) is 5.11 Å². The topological polar surface area (TPSA) is 61.6 Å². The molecule has 0 saturated carbocycles. The maximum atomic E-state index is 9.76. The van der Waals surface area contributed by atoms with Crippen LogP contribution in [0, 0.1) is 12.8 Å². The molecule has 0 radical (unpaired) electrons. The van der Waals surface area contributed by atoms with Gasteiger partial charge in [-0.15, -0.1) is 0 Å². The van der Waals surface area contributed by atoms with Crippen LogP contribution in [0.25, 0.3) is 5.65 Å². The third kappa shape index (κ3) is 2.74. The van der Waals surface area contributed by atoms with Crippen molar-refractivity contribution < 1.29 is 5.11 Å². The van der Waals surface area contributed by atoms with E-state index < -0.39 is 0 Å². The molecular weight excluding hydrogens is 320 g/mol. The van der Waals surface area contributed by atoms with Gasteiger partial charge in [-0.3, -0.25) is 0 Å². The third-order valence-electron chi connectivity index (χ3n) is 3.85. The number of β-amino-alcohol motifs (C(OH)–C–C–N with tert-alkyl or cyclic N) is 1. The van der Waals surface area contributed by atoms with Gasteiger partial charge in [0.05, 0.1) is 18.0 Å². The maximum absolute atomic E-state index is 9.76. The van der Waals surface area contributed by atoms with Crippen LogP contribution in [0.5, 0.6) is 0 Å². The first kappa shape index (κ1) is 14.0. The smallest absolute Gasteiger partial charge is 0.139 e. The summed E-state index contributed by atoms with van der Waals surface area (Å²) in [4.78, 5) is 4.47. The van der Waals surface area contributed by atoms with Crippen LogP contribution in [0.1, 0.15) is 11.3 Å². The van der Waals surface area contributed by atoms with Crippen LogP contribution in [-0.2, 0) is 6.54 Å². The Balaban J connectivity index is 1.68.